The average molecular weight is 401 g/mol. The van der Waals surface area contributed by atoms with E-state index in [9.17, 15) is 18.0 Å². The molecule has 0 bridgehead atoms. The Morgan fingerprint density at radius 2 is 1.81 bits per heavy atom. The van der Waals surface area contributed by atoms with E-state index in [-0.39, 0.29) is 5.69 Å². The summed E-state index contributed by atoms with van der Waals surface area (Å²) in [5, 5.41) is 3.63. The van der Waals surface area contributed by atoms with Crippen molar-refractivity contribution in [1.29, 1.82) is 0 Å². The lowest BCUT2D eigenvalue weighted by molar-refractivity contribution is -0.137. The largest absolute Gasteiger partial charge is 0.416 e. The van der Waals surface area contributed by atoms with Crippen LogP contribution in [0.4, 0.5) is 23.7 Å². The maximum absolute atomic E-state index is 12.6. The molecule has 0 atom stereocenters. The van der Waals surface area contributed by atoms with Crippen LogP contribution in [0.5, 0.6) is 0 Å². The smallest absolute Gasteiger partial charge is 0.306 e. The first-order valence-electron chi connectivity index (χ1n) is 7.71. The van der Waals surface area contributed by atoms with Gasteiger partial charge in [0.05, 0.1) is 10.6 Å². The highest BCUT2D eigenvalue weighted by atomic mass is 35.5. The summed E-state index contributed by atoms with van der Waals surface area (Å²) >= 11 is 7.54. The number of aliphatic imine (C=N–C) groups is 1. The van der Waals surface area contributed by atoms with Crippen LogP contribution in [0, 0.1) is 0 Å². The lowest BCUT2D eigenvalue weighted by Crippen LogP contribution is -2.11. The summed E-state index contributed by atoms with van der Waals surface area (Å²) < 4.78 is 37.7. The number of thioether (sulfide) groups is 1. The van der Waals surface area contributed by atoms with Crippen molar-refractivity contribution < 1.29 is 18.0 Å². The van der Waals surface area contributed by atoms with E-state index >= 15 is 0 Å². The van der Waals surface area contributed by atoms with E-state index < -0.39 is 17.8 Å². The first-order chi connectivity index (χ1) is 12.3. The second-order valence-corrected chi connectivity index (χ2v) is 6.96. The summed E-state index contributed by atoms with van der Waals surface area (Å²) in [4.78, 5) is 16.1. The Morgan fingerprint density at radius 3 is 2.38 bits per heavy atom. The summed E-state index contributed by atoms with van der Waals surface area (Å²) in [5.41, 5.74) is 0.307. The molecule has 0 saturated heterocycles. The standard InChI is InChI=1S/C18H16ClF3N2OS/c1-2-26-16(11-12-5-3-4-6-15(12)19)24-17(25)23-14-9-7-13(8-10-14)18(20,21)22/h3-10H,2,11H2,1H3,(H,23,25). The third kappa shape index (κ3) is 6.07. The van der Waals surface area contributed by atoms with Crippen LogP contribution in [-0.4, -0.2) is 16.8 Å². The van der Waals surface area contributed by atoms with Gasteiger partial charge in [0.1, 0.15) is 0 Å². The number of nitrogens with one attached hydrogen (secondary N) is 1. The SMILES string of the molecule is CCSC(Cc1ccccc1Cl)=NC(=O)Nc1ccc(C(F)(F)F)cc1. The zero-order valence-electron chi connectivity index (χ0n) is 13.8. The van der Waals surface area contributed by atoms with Gasteiger partial charge >= 0.3 is 12.2 Å². The van der Waals surface area contributed by atoms with Crippen LogP contribution >= 0.6 is 23.4 Å². The molecule has 0 spiro atoms. The molecule has 8 heteroatoms. The third-order valence-corrected chi connectivity index (χ3v) is 4.53. The number of nitrogens with zero attached hydrogens (tertiary/aromatic N) is 1. The molecule has 26 heavy (non-hydrogen) atoms. The number of carbonyl (C=O) groups excluding carboxylic acids is 1. The van der Waals surface area contributed by atoms with Gasteiger partial charge in [-0.15, -0.1) is 11.8 Å². The number of benzene rings is 2. The molecular weight excluding hydrogens is 385 g/mol. The minimum Gasteiger partial charge on any atom is -0.306 e. The first kappa shape index (κ1) is 20.3. The number of hydrogen-bond acceptors (Lipinski definition) is 2. The van der Waals surface area contributed by atoms with Crippen LogP contribution in [0.15, 0.2) is 53.5 Å². The number of anilines is 1. The monoisotopic (exact) mass is 400 g/mol. The van der Waals surface area contributed by atoms with Gasteiger partial charge in [-0.1, -0.05) is 36.7 Å². The van der Waals surface area contributed by atoms with Crippen molar-refractivity contribution in [1.82, 2.24) is 0 Å². The Labute approximate surface area is 158 Å². The van der Waals surface area contributed by atoms with E-state index in [1.165, 1.54) is 23.9 Å². The summed E-state index contributed by atoms with van der Waals surface area (Å²) in [6, 6.07) is 10.8. The summed E-state index contributed by atoms with van der Waals surface area (Å²) in [6.45, 7) is 1.93. The van der Waals surface area contributed by atoms with Crippen LogP contribution in [0.25, 0.3) is 0 Å². The molecule has 3 nitrogen and oxygen atoms in total. The van der Waals surface area contributed by atoms with Gasteiger partial charge in [0.2, 0.25) is 0 Å². The predicted molar refractivity (Wildman–Crippen MR) is 101 cm³/mol. The van der Waals surface area contributed by atoms with E-state index in [0.717, 1.165) is 23.4 Å². The molecule has 2 amide bonds. The lowest BCUT2D eigenvalue weighted by Gasteiger charge is -2.09. The Hall–Kier alpha value is -1.99. The second kappa shape index (κ2) is 9.09. The van der Waals surface area contributed by atoms with Gasteiger partial charge in [-0.2, -0.15) is 18.2 Å². The van der Waals surface area contributed by atoms with Crippen LogP contribution in [0.2, 0.25) is 5.02 Å². The van der Waals surface area contributed by atoms with Crippen molar-refractivity contribution in [3.8, 4) is 0 Å². The Balaban J connectivity index is 2.09. The topological polar surface area (TPSA) is 41.5 Å². The molecule has 0 radical (unpaired) electrons. The zero-order valence-corrected chi connectivity index (χ0v) is 15.4. The molecule has 0 heterocycles. The number of alkyl halides is 3. The highest BCUT2D eigenvalue weighted by Gasteiger charge is 2.29. The van der Waals surface area contributed by atoms with Crippen molar-refractivity contribution in [2.45, 2.75) is 19.5 Å². The van der Waals surface area contributed by atoms with Gasteiger partial charge in [-0.25, -0.2) is 4.79 Å². The van der Waals surface area contributed by atoms with Crippen LogP contribution in [0.3, 0.4) is 0 Å². The fourth-order valence-electron chi connectivity index (χ4n) is 2.10. The minimum absolute atomic E-state index is 0.241. The maximum atomic E-state index is 12.6. The molecule has 138 valence electrons. The predicted octanol–water partition coefficient (Wildman–Crippen LogP) is 6.29. The summed E-state index contributed by atoms with van der Waals surface area (Å²) in [7, 11) is 0. The fourth-order valence-corrected chi connectivity index (χ4v) is 3.04. The number of hydrogen-bond donors (Lipinski definition) is 1. The van der Waals surface area contributed by atoms with Gasteiger partial charge in [0, 0.05) is 17.1 Å². The summed E-state index contributed by atoms with van der Waals surface area (Å²) in [5.74, 6) is 0.719. The molecule has 0 aliphatic rings. The van der Waals surface area contributed by atoms with E-state index in [1.54, 1.807) is 6.07 Å². The van der Waals surface area contributed by atoms with E-state index in [4.69, 9.17) is 11.6 Å². The quantitative estimate of drug-likeness (QED) is 0.484. The fraction of sp³-hybridized carbons (Fsp3) is 0.222. The molecule has 0 aliphatic heterocycles. The Kier molecular flexibility index (Phi) is 7.11. The number of urea groups is 1. The number of halogens is 4. The molecule has 1 N–H and O–H groups in total. The molecule has 2 rings (SSSR count). The van der Waals surface area contributed by atoms with E-state index in [2.05, 4.69) is 10.3 Å². The molecule has 2 aromatic carbocycles. The average Bonchev–Trinajstić information content (AvgIpc) is 2.56. The second-order valence-electron chi connectivity index (χ2n) is 5.21. The van der Waals surface area contributed by atoms with E-state index in [1.807, 2.05) is 25.1 Å². The third-order valence-electron chi connectivity index (χ3n) is 3.30. The van der Waals surface area contributed by atoms with Crippen LogP contribution in [-0.2, 0) is 12.6 Å². The van der Waals surface area contributed by atoms with Gasteiger partial charge in [0.15, 0.2) is 0 Å². The van der Waals surface area contributed by atoms with Crippen molar-refractivity contribution in [2.75, 3.05) is 11.1 Å². The van der Waals surface area contributed by atoms with Gasteiger partial charge < -0.3 is 5.32 Å². The van der Waals surface area contributed by atoms with Crippen molar-refractivity contribution in [3.05, 3.63) is 64.7 Å². The highest BCUT2D eigenvalue weighted by molar-refractivity contribution is 8.13. The highest BCUT2D eigenvalue weighted by Crippen LogP contribution is 2.29. The molecule has 2 aromatic rings. The first-order valence-corrected chi connectivity index (χ1v) is 9.08. The molecule has 0 aliphatic carbocycles. The van der Waals surface area contributed by atoms with Crippen LogP contribution in [0.1, 0.15) is 18.1 Å². The molecular formula is C18H16ClF3N2OS. The van der Waals surface area contributed by atoms with Crippen molar-refractivity contribution in [3.63, 3.8) is 0 Å². The zero-order chi connectivity index (χ0) is 19.2. The Bertz CT molecular complexity index is 792. The van der Waals surface area contributed by atoms with Gasteiger partial charge in [-0.3, -0.25) is 0 Å². The molecule has 0 fully saturated rings. The minimum atomic E-state index is -4.42. The Morgan fingerprint density at radius 1 is 1.15 bits per heavy atom. The number of carbonyl (C=O) groups is 1. The normalized spacial score (nSPS) is 12.1. The van der Waals surface area contributed by atoms with Crippen LogP contribution < -0.4 is 5.32 Å². The van der Waals surface area contributed by atoms with E-state index in [0.29, 0.717) is 16.5 Å². The molecule has 0 unspecified atom stereocenters. The summed E-state index contributed by atoms with van der Waals surface area (Å²) in [6.07, 6.45) is -4.01. The van der Waals surface area contributed by atoms with Crippen molar-refractivity contribution >= 4 is 40.1 Å². The molecule has 0 aromatic heterocycles. The number of amides is 2. The van der Waals surface area contributed by atoms with Gasteiger partial charge in [0.25, 0.3) is 0 Å². The molecule has 0 saturated carbocycles. The maximum Gasteiger partial charge on any atom is 0.416 e. The lowest BCUT2D eigenvalue weighted by atomic mass is 10.2. The van der Waals surface area contributed by atoms with Gasteiger partial charge in [-0.05, 0) is 41.6 Å². The van der Waals surface area contributed by atoms with Crippen molar-refractivity contribution in [2.24, 2.45) is 4.99 Å². The number of rotatable bonds is 4.